The third-order valence-electron chi connectivity index (χ3n) is 3.55. The van der Waals surface area contributed by atoms with Crippen LogP contribution in [0.2, 0.25) is 5.02 Å². The van der Waals surface area contributed by atoms with Crippen molar-refractivity contribution < 1.29 is 14.3 Å². The van der Waals surface area contributed by atoms with Gasteiger partial charge in [-0.15, -0.1) is 0 Å². The summed E-state index contributed by atoms with van der Waals surface area (Å²) in [6, 6.07) is 12.5. The van der Waals surface area contributed by atoms with Gasteiger partial charge >= 0.3 is 0 Å². The second kappa shape index (κ2) is 6.93. The van der Waals surface area contributed by atoms with Crippen LogP contribution in [-0.2, 0) is 0 Å². The molecule has 0 amide bonds. The van der Waals surface area contributed by atoms with Crippen molar-refractivity contribution in [2.24, 2.45) is 0 Å². The average Bonchev–Trinajstić information content (AvgIpc) is 2.85. The van der Waals surface area contributed by atoms with Gasteiger partial charge in [-0.3, -0.25) is 4.79 Å². The van der Waals surface area contributed by atoms with Crippen molar-refractivity contribution in [3.63, 3.8) is 0 Å². The number of ketones is 1. The maximum Gasteiger partial charge on any atom is 0.231 e. The number of hydrogen-bond acceptors (Lipinski definition) is 3. The molecule has 2 aromatic rings. The molecule has 3 nitrogen and oxygen atoms in total. The van der Waals surface area contributed by atoms with Crippen LogP contribution in [0.25, 0.3) is 6.08 Å². The number of allylic oxidation sites excluding steroid dienone is 2. The van der Waals surface area contributed by atoms with Gasteiger partial charge in [-0.2, -0.15) is 0 Å². The normalized spacial score (nSPS) is 14.3. The van der Waals surface area contributed by atoms with Gasteiger partial charge in [0, 0.05) is 11.1 Å². The van der Waals surface area contributed by atoms with Crippen LogP contribution in [-0.4, -0.2) is 12.4 Å². The molecule has 0 aromatic heterocycles. The minimum atomic E-state index is -0.129. The van der Waals surface area contributed by atoms with E-state index in [2.05, 4.69) is 0 Å². The highest BCUT2D eigenvalue weighted by atomic mass is 35.5. The predicted molar refractivity (Wildman–Crippen MR) is 95.8 cm³/mol. The Balaban J connectivity index is 1.79. The zero-order valence-electron chi connectivity index (χ0n) is 13.5. The Morgan fingerprint density at radius 3 is 2.62 bits per heavy atom. The Morgan fingerprint density at radius 1 is 1.17 bits per heavy atom. The van der Waals surface area contributed by atoms with E-state index in [4.69, 9.17) is 21.1 Å². The number of halogens is 1. The molecular weight excluding hydrogens is 324 g/mol. The number of fused-ring (bicyclic) bond motifs is 1. The summed E-state index contributed by atoms with van der Waals surface area (Å²) in [5.74, 6) is 1.37. The molecule has 0 aliphatic carbocycles. The molecule has 24 heavy (non-hydrogen) atoms. The van der Waals surface area contributed by atoms with Crippen molar-refractivity contribution in [1.82, 2.24) is 0 Å². The molecule has 0 saturated carbocycles. The second-order valence-corrected chi connectivity index (χ2v) is 6.18. The molecule has 1 aliphatic heterocycles. The van der Waals surface area contributed by atoms with Crippen LogP contribution in [0.4, 0.5) is 0 Å². The van der Waals surface area contributed by atoms with Crippen LogP contribution in [0.3, 0.4) is 0 Å². The largest absolute Gasteiger partial charge is 0.489 e. The molecule has 0 bridgehead atoms. The van der Waals surface area contributed by atoms with Crippen molar-refractivity contribution in [2.75, 3.05) is 6.61 Å². The minimum Gasteiger partial charge on any atom is -0.489 e. The Kier molecular flexibility index (Phi) is 4.72. The molecule has 0 saturated heterocycles. The lowest BCUT2D eigenvalue weighted by molar-refractivity contribution is 0.101. The van der Waals surface area contributed by atoms with Crippen LogP contribution in [0.15, 0.2) is 59.9 Å². The van der Waals surface area contributed by atoms with Crippen molar-refractivity contribution in [2.45, 2.75) is 13.8 Å². The predicted octanol–water partition coefficient (Wildman–Crippen LogP) is 5.30. The van der Waals surface area contributed by atoms with E-state index in [1.165, 1.54) is 5.57 Å². The topological polar surface area (TPSA) is 35.5 Å². The molecule has 0 radical (unpaired) electrons. The summed E-state index contributed by atoms with van der Waals surface area (Å²) in [5, 5.41) is 0.650. The van der Waals surface area contributed by atoms with E-state index in [0.29, 0.717) is 34.5 Å². The standard InChI is InChI=1S/C20H17ClO3/c1-13(2)9-10-23-16-7-8-17-18(12-16)24-19(20(17)22)11-14-3-5-15(21)6-4-14/h3-9,11-12H,10H2,1-2H3. The summed E-state index contributed by atoms with van der Waals surface area (Å²) in [6.07, 6.45) is 3.70. The van der Waals surface area contributed by atoms with Gasteiger partial charge in [0.2, 0.25) is 5.78 Å². The fourth-order valence-electron chi connectivity index (χ4n) is 2.27. The lowest BCUT2D eigenvalue weighted by Gasteiger charge is -2.05. The number of rotatable bonds is 4. The van der Waals surface area contributed by atoms with Gasteiger partial charge in [0.1, 0.15) is 18.1 Å². The Labute approximate surface area is 146 Å². The van der Waals surface area contributed by atoms with Crippen molar-refractivity contribution >= 4 is 23.5 Å². The molecule has 1 heterocycles. The summed E-state index contributed by atoms with van der Waals surface area (Å²) in [4.78, 5) is 12.4. The Morgan fingerprint density at radius 2 is 1.92 bits per heavy atom. The minimum absolute atomic E-state index is 0.129. The van der Waals surface area contributed by atoms with E-state index in [9.17, 15) is 4.79 Å². The van der Waals surface area contributed by atoms with Gasteiger partial charge in [0.15, 0.2) is 5.76 Å². The molecule has 4 heteroatoms. The third kappa shape index (κ3) is 3.69. The first kappa shape index (κ1) is 16.3. The van der Waals surface area contributed by atoms with E-state index < -0.39 is 0 Å². The molecule has 3 rings (SSSR count). The first-order chi connectivity index (χ1) is 11.5. The van der Waals surface area contributed by atoms with Crippen molar-refractivity contribution in [1.29, 1.82) is 0 Å². The number of carbonyl (C=O) groups excluding carboxylic acids is 1. The van der Waals surface area contributed by atoms with Crippen LogP contribution in [0, 0.1) is 0 Å². The fraction of sp³-hybridized carbons (Fsp3) is 0.150. The van der Waals surface area contributed by atoms with E-state index >= 15 is 0 Å². The highest BCUT2D eigenvalue weighted by Gasteiger charge is 2.27. The maximum atomic E-state index is 12.4. The quantitative estimate of drug-likeness (QED) is 0.559. The number of benzene rings is 2. The number of Topliss-reactive ketones (excluding diaryl/α,β-unsaturated/α-hetero) is 1. The van der Waals surface area contributed by atoms with Gasteiger partial charge in [-0.1, -0.05) is 29.3 Å². The Bertz CT molecular complexity index is 828. The van der Waals surface area contributed by atoms with Crippen molar-refractivity contribution in [3.8, 4) is 11.5 Å². The summed E-state index contributed by atoms with van der Waals surface area (Å²) in [6.45, 7) is 4.52. The summed E-state index contributed by atoms with van der Waals surface area (Å²) >= 11 is 5.87. The van der Waals surface area contributed by atoms with Gasteiger partial charge in [-0.25, -0.2) is 0 Å². The molecule has 122 valence electrons. The number of ether oxygens (including phenoxy) is 2. The molecule has 2 aromatic carbocycles. The Hall–Kier alpha value is -2.52. The summed E-state index contributed by atoms with van der Waals surface area (Å²) < 4.78 is 11.3. The van der Waals surface area contributed by atoms with E-state index in [0.717, 1.165) is 5.56 Å². The van der Waals surface area contributed by atoms with Gasteiger partial charge < -0.3 is 9.47 Å². The first-order valence-electron chi connectivity index (χ1n) is 7.63. The van der Waals surface area contributed by atoms with Gasteiger partial charge in [0.05, 0.1) is 5.56 Å². The van der Waals surface area contributed by atoms with Gasteiger partial charge in [0.25, 0.3) is 0 Å². The number of hydrogen-bond donors (Lipinski definition) is 0. The molecule has 0 atom stereocenters. The summed E-state index contributed by atoms with van der Waals surface area (Å²) in [7, 11) is 0. The molecular formula is C20H17ClO3. The monoisotopic (exact) mass is 340 g/mol. The molecule has 1 aliphatic rings. The first-order valence-corrected chi connectivity index (χ1v) is 8.01. The zero-order chi connectivity index (χ0) is 17.1. The van der Waals surface area contributed by atoms with E-state index in [1.54, 1.807) is 36.4 Å². The fourth-order valence-corrected chi connectivity index (χ4v) is 2.40. The molecule has 0 fully saturated rings. The zero-order valence-corrected chi connectivity index (χ0v) is 14.3. The summed E-state index contributed by atoms with van der Waals surface area (Å²) in [5.41, 5.74) is 2.59. The SMILES string of the molecule is CC(C)=CCOc1ccc2c(c1)OC(=Cc1ccc(Cl)cc1)C2=O. The lowest BCUT2D eigenvalue weighted by atomic mass is 10.1. The molecule has 0 unspecified atom stereocenters. The van der Waals surface area contributed by atoms with E-state index in [-0.39, 0.29) is 5.78 Å². The van der Waals surface area contributed by atoms with Crippen molar-refractivity contribution in [3.05, 3.63) is 76.0 Å². The van der Waals surface area contributed by atoms with Crippen LogP contribution in [0.1, 0.15) is 29.8 Å². The van der Waals surface area contributed by atoms with Crippen LogP contribution < -0.4 is 9.47 Å². The smallest absolute Gasteiger partial charge is 0.231 e. The lowest BCUT2D eigenvalue weighted by Crippen LogP contribution is -1.97. The third-order valence-corrected chi connectivity index (χ3v) is 3.80. The molecule has 0 spiro atoms. The number of carbonyl (C=O) groups is 1. The highest BCUT2D eigenvalue weighted by molar-refractivity contribution is 6.30. The highest BCUT2D eigenvalue weighted by Crippen LogP contribution is 2.35. The molecule has 0 N–H and O–H groups in total. The van der Waals surface area contributed by atoms with E-state index in [1.807, 2.05) is 32.1 Å². The van der Waals surface area contributed by atoms with Crippen LogP contribution >= 0.6 is 11.6 Å². The van der Waals surface area contributed by atoms with Crippen LogP contribution in [0.5, 0.6) is 11.5 Å². The van der Waals surface area contributed by atoms with Gasteiger partial charge in [-0.05, 0) is 55.8 Å². The second-order valence-electron chi connectivity index (χ2n) is 5.74. The maximum absolute atomic E-state index is 12.4. The average molecular weight is 341 g/mol.